The van der Waals surface area contributed by atoms with Gasteiger partial charge in [-0.15, -0.1) is 0 Å². The average Bonchev–Trinajstić information content (AvgIpc) is 2.72. The number of anilines is 1. The van der Waals surface area contributed by atoms with Gasteiger partial charge < -0.3 is 10.4 Å². The Morgan fingerprint density at radius 1 is 1.03 bits per heavy atom. The van der Waals surface area contributed by atoms with Crippen molar-refractivity contribution in [3.05, 3.63) is 71.2 Å². The minimum Gasteiger partial charge on any atom is -0.381 e. The van der Waals surface area contributed by atoms with E-state index in [2.05, 4.69) is 10.3 Å². The first-order valence-corrected chi connectivity index (χ1v) is 10.5. The second kappa shape index (κ2) is 8.70. The standard InChI is InChI=1S/C25H28F4N2O/c1-5-18-11-12-19-21(7-6-8-22(19)31-18)30-15-24(32,25(27,28)29)14-23(3,4)20-13-17(26)10-9-16(20)2/h6-13,30,32H,5,14-15H2,1-4H3. The van der Waals surface area contributed by atoms with Gasteiger partial charge in [-0.2, -0.15) is 13.2 Å². The summed E-state index contributed by atoms with van der Waals surface area (Å²) >= 11 is 0. The summed E-state index contributed by atoms with van der Waals surface area (Å²) < 4.78 is 56.0. The monoisotopic (exact) mass is 448 g/mol. The van der Waals surface area contributed by atoms with Gasteiger partial charge in [0, 0.05) is 16.8 Å². The fourth-order valence-electron chi connectivity index (χ4n) is 4.20. The maximum Gasteiger partial charge on any atom is 0.418 e. The van der Waals surface area contributed by atoms with Gasteiger partial charge in [0.25, 0.3) is 0 Å². The molecule has 0 saturated carbocycles. The number of benzene rings is 2. The zero-order valence-electron chi connectivity index (χ0n) is 18.6. The first-order valence-electron chi connectivity index (χ1n) is 10.5. The fourth-order valence-corrected chi connectivity index (χ4v) is 4.20. The number of aromatic nitrogens is 1. The molecule has 3 rings (SSSR count). The molecule has 2 N–H and O–H groups in total. The second-order valence-corrected chi connectivity index (χ2v) is 8.93. The van der Waals surface area contributed by atoms with E-state index in [4.69, 9.17) is 0 Å². The predicted octanol–water partition coefficient (Wildman–Crippen LogP) is 6.32. The van der Waals surface area contributed by atoms with Gasteiger partial charge in [-0.1, -0.05) is 32.9 Å². The summed E-state index contributed by atoms with van der Waals surface area (Å²) in [4.78, 5) is 4.50. The molecule has 1 unspecified atom stereocenters. The van der Waals surface area contributed by atoms with E-state index >= 15 is 0 Å². The molecule has 1 atom stereocenters. The zero-order chi connectivity index (χ0) is 23.7. The molecule has 172 valence electrons. The normalized spacial score (nSPS) is 14.4. The molecular weight excluding hydrogens is 420 g/mol. The van der Waals surface area contributed by atoms with Crippen molar-refractivity contribution in [3.8, 4) is 0 Å². The van der Waals surface area contributed by atoms with Crippen LogP contribution in [-0.4, -0.2) is 28.4 Å². The first-order chi connectivity index (χ1) is 14.9. The smallest absolute Gasteiger partial charge is 0.381 e. The Balaban J connectivity index is 1.92. The van der Waals surface area contributed by atoms with Crippen molar-refractivity contribution in [2.24, 2.45) is 0 Å². The summed E-state index contributed by atoms with van der Waals surface area (Å²) in [5.41, 5.74) is -1.06. The number of hydrogen-bond acceptors (Lipinski definition) is 3. The van der Waals surface area contributed by atoms with Crippen LogP contribution in [0, 0.1) is 12.7 Å². The highest BCUT2D eigenvalue weighted by atomic mass is 19.4. The number of alkyl halides is 3. The van der Waals surface area contributed by atoms with Gasteiger partial charge in [0.15, 0.2) is 5.60 Å². The lowest BCUT2D eigenvalue weighted by Gasteiger charge is -2.38. The lowest BCUT2D eigenvalue weighted by atomic mass is 9.73. The Kier molecular flexibility index (Phi) is 6.52. The van der Waals surface area contributed by atoms with Crippen LogP contribution in [0.2, 0.25) is 0 Å². The maximum absolute atomic E-state index is 14.1. The van der Waals surface area contributed by atoms with Gasteiger partial charge in [-0.3, -0.25) is 4.98 Å². The van der Waals surface area contributed by atoms with Gasteiger partial charge in [0.05, 0.1) is 12.1 Å². The van der Waals surface area contributed by atoms with E-state index in [1.807, 2.05) is 19.1 Å². The van der Waals surface area contributed by atoms with Crippen LogP contribution in [0.25, 0.3) is 10.9 Å². The molecule has 0 amide bonds. The van der Waals surface area contributed by atoms with Gasteiger partial charge >= 0.3 is 6.18 Å². The number of hydrogen-bond donors (Lipinski definition) is 2. The lowest BCUT2D eigenvalue weighted by molar-refractivity contribution is -0.260. The molecule has 0 aliphatic rings. The third-order valence-electron chi connectivity index (χ3n) is 5.91. The highest BCUT2D eigenvalue weighted by Crippen LogP contribution is 2.42. The molecule has 0 aliphatic heterocycles. The van der Waals surface area contributed by atoms with Crippen LogP contribution in [0.4, 0.5) is 23.2 Å². The SMILES string of the molecule is CCc1ccc2c(NCC(O)(CC(C)(C)c3cc(F)ccc3C)C(F)(F)F)cccc2n1. The quantitative estimate of drug-likeness (QED) is 0.416. The van der Waals surface area contributed by atoms with Crippen molar-refractivity contribution < 1.29 is 22.7 Å². The highest BCUT2D eigenvalue weighted by molar-refractivity contribution is 5.91. The van der Waals surface area contributed by atoms with Crippen LogP contribution in [0.3, 0.4) is 0 Å². The number of aryl methyl sites for hydroxylation is 2. The molecule has 0 radical (unpaired) electrons. The average molecular weight is 449 g/mol. The van der Waals surface area contributed by atoms with Crippen molar-refractivity contribution >= 4 is 16.6 Å². The minimum absolute atomic E-state index is 0.432. The van der Waals surface area contributed by atoms with E-state index in [0.29, 0.717) is 27.7 Å². The molecule has 0 bridgehead atoms. The third-order valence-corrected chi connectivity index (χ3v) is 5.91. The van der Waals surface area contributed by atoms with Gasteiger partial charge in [-0.05, 0) is 72.7 Å². The molecule has 0 saturated heterocycles. The van der Waals surface area contributed by atoms with Crippen LogP contribution < -0.4 is 5.32 Å². The van der Waals surface area contributed by atoms with Crippen LogP contribution in [-0.2, 0) is 11.8 Å². The summed E-state index contributed by atoms with van der Waals surface area (Å²) in [6.45, 7) is 6.11. The Bertz CT molecular complexity index is 1110. The number of aliphatic hydroxyl groups is 1. The molecule has 3 aromatic rings. The molecule has 3 nitrogen and oxygen atoms in total. The fraction of sp³-hybridized carbons (Fsp3) is 0.400. The van der Waals surface area contributed by atoms with E-state index in [0.717, 1.165) is 12.1 Å². The van der Waals surface area contributed by atoms with Gasteiger partial charge in [0.2, 0.25) is 0 Å². The van der Waals surface area contributed by atoms with E-state index in [1.54, 1.807) is 39.0 Å². The summed E-state index contributed by atoms with van der Waals surface area (Å²) in [6, 6.07) is 12.9. The molecule has 2 aromatic carbocycles. The van der Waals surface area contributed by atoms with Crippen molar-refractivity contribution in [3.63, 3.8) is 0 Å². The number of pyridine rings is 1. The number of nitrogens with one attached hydrogen (secondary N) is 1. The maximum atomic E-state index is 14.1. The zero-order valence-corrected chi connectivity index (χ0v) is 18.6. The van der Waals surface area contributed by atoms with Crippen LogP contribution in [0.1, 0.15) is 44.0 Å². The summed E-state index contributed by atoms with van der Waals surface area (Å²) in [6.07, 6.45) is -4.78. The molecule has 0 spiro atoms. The summed E-state index contributed by atoms with van der Waals surface area (Å²) in [5.74, 6) is -0.526. The predicted molar refractivity (Wildman–Crippen MR) is 119 cm³/mol. The topological polar surface area (TPSA) is 45.1 Å². The largest absolute Gasteiger partial charge is 0.418 e. The number of rotatable bonds is 7. The molecule has 1 heterocycles. The van der Waals surface area contributed by atoms with Gasteiger partial charge in [-0.25, -0.2) is 4.39 Å². The second-order valence-electron chi connectivity index (χ2n) is 8.93. The van der Waals surface area contributed by atoms with E-state index in [-0.39, 0.29) is 0 Å². The molecule has 32 heavy (non-hydrogen) atoms. The molecule has 7 heteroatoms. The van der Waals surface area contributed by atoms with Crippen LogP contribution in [0.5, 0.6) is 0 Å². The summed E-state index contributed by atoms with van der Waals surface area (Å²) in [5, 5.41) is 14.3. The van der Waals surface area contributed by atoms with Gasteiger partial charge in [0.1, 0.15) is 5.82 Å². The highest BCUT2D eigenvalue weighted by Gasteiger charge is 2.56. The van der Waals surface area contributed by atoms with E-state index in [9.17, 15) is 22.7 Å². The Morgan fingerprint density at radius 3 is 2.41 bits per heavy atom. The lowest BCUT2D eigenvalue weighted by Crippen LogP contribution is -2.53. The number of halogens is 4. The van der Waals surface area contributed by atoms with E-state index < -0.39 is 36.0 Å². The van der Waals surface area contributed by atoms with Crippen molar-refractivity contribution in [2.45, 2.75) is 57.7 Å². The molecule has 0 fully saturated rings. The summed E-state index contributed by atoms with van der Waals surface area (Å²) in [7, 11) is 0. The van der Waals surface area contributed by atoms with Crippen molar-refractivity contribution in [1.82, 2.24) is 4.98 Å². The first kappa shape index (κ1) is 24.0. The van der Waals surface area contributed by atoms with Crippen LogP contribution in [0.15, 0.2) is 48.5 Å². The molecule has 0 aliphatic carbocycles. The Hall–Kier alpha value is -2.67. The molecular formula is C25H28F4N2O. The Labute approximate surface area is 185 Å². The van der Waals surface area contributed by atoms with Crippen molar-refractivity contribution in [1.29, 1.82) is 0 Å². The number of nitrogens with zero attached hydrogens (tertiary/aromatic N) is 1. The van der Waals surface area contributed by atoms with Crippen molar-refractivity contribution in [2.75, 3.05) is 11.9 Å². The molecule has 1 aromatic heterocycles. The number of fused-ring (bicyclic) bond motifs is 1. The van der Waals surface area contributed by atoms with E-state index in [1.165, 1.54) is 18.2 Å². The Morgan fingerprint density at radius 2 is 1.75 bits per heavy atom. The minimum atomic E-state index is -4.89. The van der Waals surface area contributed by atoms with Crippen LogP contribution >= 0.6 is 0 Å². The third kappa shape index (κ3) is 4.88.